The lowest BCUT2D eigenvalue weighted by Gasteiger charge is -2.52. The number of carbonyl (C=O) groups is 3. The third-order valence-corrected chi connectivity index (χ3v) is 25.3. The normalized spacial score (nSPS) is 37.7. The van der Waals surface area contributed by atoms with Gasteiger partial charge in [-0.3, -0.25) is 14.4 Å². The molecule has 128 heavy (non-hydrogen) atoms. The molecule has 7 fully saturated rings. The number of aliphatic hydroxyl groups is 20. The molecule has 40 heteroatoms. The molecule has 3 amide bonds. The minimum Gasteiger partial charge on any atom is -0.394 e. The van der Waals surface area contributed by atoms with Crippen molar-refractivity contribution in [3.05, 3.63) is 12.2 Å². The molecule has 14 unspecified atom stereocenters. The van der Waals surface area contributed by atoms with Crippen LogP contribution in [0.15, 0.2) is 12.2 Å². The number of rotatable bonds is 60. The molecule has 7 aliphatic rings. The standard InChI is InChI=1S/C88H159N3O37/c1-6-8-10-12-14-16-18-20-21-22-23-24-25-26-27-29-31-33-35-37-39-41-60(101)91-52(53(100)40-38-36-34-32-30-28-19-17-15-13-11-9-7-2)48-115-84-73(112)70(109)77(58(46-96)122-84)124-87-74(113)81(66(105)55(43-93)118-87)128-83-62(90-51(5)99)79(78(59(47-97)121-83)125-85-71(110)68(107)63(102)49(3)116-85)126-88-75(114)80(65(104)56(44-94)119-88)127-82-61(89-50(4)98)67(106)76(57(45-95)120-82)123-86-72(111)69(108)64(103)54(42-92)117-86/h38,40,49,52-59,61-88,92-97,100,102-114H,6-37,39,41-48H2,1-5H3,(H,89,98)(H,90,99)(H,91,101)/b40-38+/t49?,52-,53+,54?,55?,56?,57?,58?,59?,61?,62?,63+,64-,65-,66-,67+,68?,69-,70+,71-,72?,73?,74?,75?,76+,77+,78+,79+,80-,81-,82-,83-,84+,85+,86-,87-,88-/m0/s1. The Morgan fingerprint density at radius 1 is 0.320 bits per heavy atom. The van der Waals surface area contributed by atoms with Crippen LogP contribution < -0.4 is 16.0 Å². The minimum atomic E-state index is -2.40. The van der Waals surface area contributed by atoms with Crippen LogP contribution in [0.3, 0.4) is 0 Å². The van der Waals surface area contributed by atoms with Crippen LogP contribution in [0.2, 0.25) is 0 Å². The quantitative estimate of drug-likeness (QED) is 0.0250. The zero-order chi connectivity index (χ0) is 93.5. The van der Waals surface area contributed by atoms with Crippen molar-refractivity contribution in [1.82, 2.24) is 16.0 Å². The molecule has 0 aromatic heterocycles. The van der Waals surface area contributed by atoms with Crippen molar-refractivity contribution in [1.29, 1.82) is 0 Å². The Balaban J connectivity index is 1.04. The van der Waals surface area contributed by atoms with E-state index in [1.807, 2.05) is 6.08 Å². The van der Waals surface area contributed by atoms with Crippen molar-refractivity contribution in [2.45, 2.75) is 480 Å². The van der Waals surface area contributed by atoms with Gasteiger partial charge in [-0.15, -0.1) is 0 Å². The predicted molar refractivity (Wildman–Crippen MR) is 453 cm³/mol. The number of carbonyl (C=O) groups excluding carboxylic acids is 3. The highest BCUT2D eigenvalue weighted by atomic mass is 16.8. The van der Waals surface area contributed by atoms with Crippen LogP contribution in [0.25, 0.3) is 0 Å². The zero-order valence-electron chi connectivity index (χ0n) is 75.4. The Morgan fingerprint density at radius 2 is 0.641 bits per heavy atom. The Morgan fingerprint density at radius 3 is 1.07 bits per heavy atom. The van der Waals surface area contributed by atoms with E-state index in [-0.39, 0.29) is 12.3 Å². The number of nitrogens with one attached hydrogen (secondary N) is 3. The van der Waals surface area contributed by atoms with Gasteiger partial charge in [-0.1, -0.05) is 219 Å². The maximum atomic E-state index is 13.7. The first-order chi connectivity index (χ1) is 61.5. The van der Waals surface area contributed by atoms with E-state index >= 15 is 0 Å². The molecule has 23 N–H and O–H groups in total. The number of hydrogen-bond acceptors (Lipinski definition) is 37. The summed E-state index contributed by atoms with van der Waals surface area (Å²) in [5.74, 6) is -2.20. The summed E-state index contributed by atoms with van der Waals surface area (Å²) in [6, 6.07) is -4.95. The van der Waals surface area contributed by atoms with Crippen LogP contribution >= 0.6 is 0 Å². The van der Waals surface area contributed by atoms with Crippen molar-refractivity contribution in [2.75, 3.05) is 46.2 Å². The van der Waals surface area contributed by atoms with Gasteiger partial charge in [0.1, 0.15) is 165 Å². The number of unbranched alkanes of at least 4 members (excludes halogenated alkanes) is 31. The fraction of sp³-hybridized carbons (Fsp3) is 0.943. The second kappa shape index (κ2) is 59.7. The SMILES string of the molecule is CCCCCCCCCCCCC/C=C/[C@@H](O)[C@H](CO[C@@H]1OC(CO)[C@@H](O[C@@H]2OC(CO)[C@H](O)[C@H](O[C@@H]3OC(CO)[C@@H](O[C@H]4OC(C)[C@@H](O)C(O)[C@@H]4O)[C@H](O[C@@H]4OC(CO)[C@H](O)[C@H](O[C@@H]5OC(CO)[C@@H](O[C@@H]6OC(CO)[C@H](O)[C@H](O)C6O)[C@H](O)C5NC(C)=O)C4O)C3NC(C)=O)C2O)[C@H](O)C1O)NC(=O)CCCCCCCCCCCCCCCCCCCCCCC. The Labute approximate surface area is 751 Å². The van der Waals surface area contributed by atoms with Crippen LogP contribution in [0.4, 0.5) is 0 Å². The van der Waals surface area contributed by atoms with Gasteiger partial charge in [-0.25, -0.2) is 0 Å². The van der Waals surface area contributed by atoms with Crippen LogP contribution in [0.5, 0.6) is 0 Å². The molecule has 0 aliphatic carbocycles. The number of ether oxygens (including phenoxy) is 14. The molecule has 0 spiro atoms. The monoisotopic (exact) mass is 1850 g/mol. The van der Waals surface area contributed by atoms with Gasteiger partial charge in [0.25, 0.3) is 0 Å². The van der Waals surface area contributed by atoms with Crippen molar-refractivity contribution in [3.63, 3.8) is 0 Å². The number of aliphatic hydroxyl groups excluding tert-OH is 20. The minimum absolute atomic E-state index is 0.151. The summed E-state index contributed by atoms with van der Waals surface area (Å²) in [5, 5.41) is 233. The van der Waals surface area contributed by atoms with Gasteiger partial charge < -0.3 is 184 Å². The second-order valence-corrected chi connectivity index (χ2v) is 35.6. The highest BCUT2D eigenvalue weighted by Gasteiger charge is 2.60. The molecule has 0 radical (unpaired) electrons. The van der Waals surface area contributed by atoms with Crippen LogP contribution in [-0.4, -0.2) is 393 Å². The van der Waals surface area contributed by atoms with E-state index in [0.29, 0.717) is 12.8 Å². The highest BCUT2D eigenvalue weighted by Crippen LogP contribution is 2.40. The average Bonchev–Trinajstić information content (AvgIpc) is 0.747. The Hall–Kier alpha value is -3.21. The van der Waals surface area contributed by atoms with Crippen molar-refractivity contribution >= 4 is 17.7 Å². The van der Waals surface area contributed by atoms with Crippen LogP contribution in [-0.2, 0) is 80.7 Å². The molecular weight excluding hydrogens is 1690 g/mol. The highest BCUT2D eigenvalue weighted by molar-refractivity contribution is 5.76. The van der Waals surface area contributed by atoms with Gasteiger partial charge in [0.05, 0.1) is 64.5 Å². The molecule has 0 aromatic rings. The molecule has 7 aliphatic heterocycles. The first-order valence-corrected chi connectivity index (χ1v) is 47.3. The lowest BCUT2D eigenvalue weighted by molar-refractivity contribution is -0.396. The van der Waals surface area contributed by atoms with Crippen LogP contribution in [0.1, 0.15) is 253 Å². The molecule has 0 bridgehead atoms. The van der Waals surface area contributed by atoms with Gasteiger partial charge in [-0.2, -0.15) is 0 Å². The van der Waals surface area contributed by atoms with Crippen LogP contribution in [0, 0.1) is 0 Å². The fourth-order valence-corrected chi connectivity index (χ4v) is 17.6. The Kier molecular flexibility index (Phi) is 52.2. The summed E-state index contributed by atoms with van der Waals surface area (Å²) in [6.45, 7) is 0.909. The zero-order valence-corrected chi connectivity index (χ0v) is 75.4. The Bertz CT molecular complexity index is 3020. The summed E-state index contributed by atoms with van der Waals surface area (Å²) >= 11 is 0. The van der Waals surface area contributed by atoms with Gasteiger partial charge in [0.15, 0.2) is 44.0 Å². The lowest BCUT2D eigenvalue weighted by atomic mass is 9.93. The molecule has 7 saturated heterocycles. The first-order valence-electron chi connectivity index (χ1n) is 47.3. The van der Waals surface area contributed by atoms with Gasteiger partial charge >= 0.3 is 0 Å². The molecule has 7 heterocycles. The molecule has 0 saturated carbocycles. The average molecular weight is 1850 g/mol. The van der Waals surface area contributed by atoms with E-state index < -0.39 is 285 Å². The molecular formula is C88H159N3O37. The van der Waals surface area contributed by atoms with E-state index in [4.69, 9.17) is 66.3 Å². The fourth-order valence-electron chi connectivity index (χ4n) is 17.6. The van der Waals surface area contributed by atoms with Crippen molar-refractivity contribution < 1.29 is 183 Å². The van der Waals surface area contributed by atoms with E-state index in [0.717, 1.165) is 65.2 Å². The number of amides is 3. The van der Waals surface area contributed by atoms with E-state index in [9.17, 15) is 117 Å². The second-order valence-electron chi connectivity index (χ2n) is 35.6. The van der Waals surface area contributed by atoms with Gasteiger partial charge in [-0.05, 0) is 26.2 Å². The summed E-state index contributed by atoms with van der Waals surface area (Å²) in [4.78, 5) is 40.2. The van der Waals surface area contributed by atoms with E-state index in [2.05, 4.69) is 29.8 Å². The maximum absolute atomic E-state index is 13.7. The number of hydrogen-bond donors (Lipinski definition) is 23. The summed E-state index contributed by atoms with van der Waals surface area (Å²) in [7, 11) is 0. The van der Waals surface area contributed by atoms with E-state index in [1.54, 1.807) is 6.08 Å². The molecule has 37 atom stereocenters. The maximum Gasteiger partial charge on any atom is 0.220 e. The summed E-state index contributed by atoms with van der Waals surface area (Å²) in [5.41, 5.74) is 0. The molecule has 7 rings (SSSR count). The first kappa shape index (κ1) is 112. The van der Waals surface area contributed by atoms with Gasteiger partial charge in [0, 0.05) is 20.3 Å². The third-order valence-electron chi connectivity index (χ3n) is 25.3. The molecule has 0 aromatic carbocycles. The largest absolute Gasteiger partial charge is 0.394 e. The summed E-state index contributed by atoms with van der Waals surface area (Å²) < 4.78 is 84.6. The smallest absolute Gasteiger partial charge is 0.220 e. The van der Waals surface area contributed by atoms with Crippen molar-refractivity contribution in [3.8, 4) is 0 Å². The van der Waals surface area contributed by atoms with Crippen molar-refractivity contribution in [2.24, 2.45) is 0 Å². The van der Waals surface area contributed by atoms with E-state index in [1.165, 1.54) is 155 Å². The molecule has 748 valence electrons. The lowest BCUT2D eigenvalue weighted by Crippen LogP contribution is -2.72. The third kappa shape index (κ3) is 33.9. The topological polar surface area (TPSA) is 621 Å². The molecule has 40 nitrogen and oxygen atoms in total. The van der Waals surface area contributed by atoms with Gasteiger partial charge in [0.2, 0.25) is 17.7 Å². The predicted octanol–water partition coefficient (Wildman–Crippen LogP) is -1.23. The summed E-state index contributed by atoms with van der Waals surface area (Å²) in [6.07, 6.45) is -24.2. The number of allylic oxidation sites excluding steroid dienone is 1.